The van der Waals surface area contributed by atoms with Crippen LogP contribution in [0, 0.1) is 5.82 Å². The van der Waals surface area contributed by atoms with Crippen LogP contribution in [0.5, 0.6) is 0 Å². The third kappa shape index (κ3) is 5.93. The summed E-state index contributed by atoms with van der Waals surface area (Å²) in [5.41, 5.74) is 6.15. The average Bonchev–Trinajstić information content (AvgIpc) is 2.47. The number of hydrogen-bond acceptors (Lipinski definition) is 4. The van der Waals surface area contributed by atoms with Gasteiger partial charge in [0.25, 0.3) is 0 Å². The molecule has 4 nitrogen and oxygen atoms in total. The lowest BCUT2D eigenvalue weighted by Gasteiger charge is -2.19. The lowest BCUT2D eigenvalue weighted by molar-refractivity contribution is -0.115. The number of benzene rings is 1. The Morgan fingerprint density at radius 2 is 2.10 bits per heavy atom. The zero-order valence-electron chi connectivity index (χ0n) is 12.9. The summed E-state index contributed by atoms with van der Waals surface area (Å²) in [4.78, 5) is 14.3. The van der Waals surface area contributed by atoms with Gasteiger partial charge in [-0.3, -0.25) is 4.79 Å². The zero-order valence-corrected chi connectivity index (χ0v) is 13.7. The molecule has 1 amide bonds. The Labute approximate surface area is 130 Å². The smallest absolute Gasteiger partial charge is 0.237 e. The van der Waals surface area contributed by atoms with Gasteiger partial charge in [-0.05, 0) is 38.2 Å². The van der Waals surface area contributed by atoms with Gasteiger partial charge in [-0.1, -0.05) is 13.8 Å². The van der Waals surface area contributed by atoms with Crippen LogP contribution in [0.3, 0.4) is 0 Å². The fraction of sp³-hybridized carbons (Fsp3) is 0.533. The van der Waals surface area contributed by atoms with Gasteiger partial charge in [0.1, 0.15) is 5.82 Å². The zero-order chi connectivity index (χ0) is 15.8. The number of rotatable bonds is 8. The molecule has 1 atom stereocenters. The highest BCUT2D eigenvalue weighted by atomic mass is 32.2. The highest BCUT2D eigenvalue weighted by Crippen LogP contribution is 2.19. The van der Waals surface area contributed by atoms with Crippen molar-refractivity contribution in [3.05, 3.63) is 24.0 Å². The van der Waals surface area contributed by atoms with E-state index in [2.05, 4.69) is 24.1 Å². The number of nitrogens with two attached hydrogens (primary N) is 1. The minimum atomic E-state index is -0.474. The number of anilines is 2. The van der Waals surface area contributed by atoms with Crippen molar-refractivity contribution >= 4 is 29.0 Å². The standard InChI is InChI=1S/C15H24FN3OS/c1-4-19(5-2)8-9-21-11(3)15(20)18-14-10-12(17)6-7-13(14)16/h6-7,10-11H,4-5,8-9,17H2,1-3H3,(H,18,20). The quantitative estimate of drug-likeness (QED) is 0.725. The summed E-state index contributed by atoms with van der Waals surface area (Å²) < 4.78 is 13.6. The second kappa shape index (κ2) is 8.89. The Morgan fingerprint density at radius 3 is 2.71 bits per heavy atom. The van der Waals surface area contributed by atoms with Crippen molar-refractivity contribution in [1.29, 1.82) is 0 Å². The Morgan fingerprint density at radius 1 is 1.43 bits per heavy atom. The van der Waals surface area contributed by atoms with Gasteiger partial charge in [-0.15, -0.1) is 11.8 Å². The molecule has 0 aromatic heterocycles. The number of carbonyl (C=O) groups excluding carboxylic acids is 1. The van der Waals surface area contributed by atoms with Gasteiger partial charge in [-0.2, -0.15) is 0 Å². The van der Waals surface area contributed by atoms with E-state index in [1.54, 1.807) is 11.8 Å². The molecule has 0 aliphatic rings. The first-order valence-electron chi connectivity index (χ1n) is 7.17. The number of amides is 1. The molecule has 6 heteroatoms. The number of carbonyl (C=O) groups is 1. The van der Waals surface area contributed by atoms with Gasteiger partial charge in [0, 0.05) is 18.0 Å². The Bertz CT molecular complexity index is 466. The molecular formula is C15H24FN3OS. The summed E-state index contributed by atoms with van der Waals surface area (Å²) in [6.07, 6.45) is 0. The topological polar surface area (TPSA) is 58.4 Å². The first kappa shape index (κ1) is 17.8. The summed E-state index contributed by atoms with van der Waals surface area (Å²) in [6.45, 7) is 9.02. The highest BCUT2D eigenvalue weighted by Gasteiger charge is 2.15. The molecule has 0 heterocycles. The molecule has 1 aromatic rings. The van der Waals surface area contributed by atoms with Gasteiger partial charge in [0.05, 0.1) is 10.9 Å². The second-order valence-corrected chi connectivity index (χ2v) is 6.22. The first-order chi connectivity index (χ1) is 9.97. The van der Waals surface area contributed by atoms with Crippen LogP contribution < -0.4 is 11.1 Å². The predicted octanol–water partition coefficient (Wildman–Crippen LogP) is 2.81. The normalized spacial score (nSPS) is 12.4. The molecule has 1 unspecified atom stereocenters. The van der Waals surface area contributed by atoms with E-state index in [9.17, 15) is 9.18 Å². The lowest BCUT2D eigenvalue weighted by atomic mass is 10.2. The van der Waals surface area contributed by atoms with Crippen LogP contribution in [-0.2, 0) is 4.79 Å². The third-order valence-corrected chi connectivity index (χ3v) is 4.42. The Hall–Kier alpha value is -1.27. The fourth-order valence-electron chi connectivity index (χ4n) is 1.85. The Kier molecular flexibility index (Phi) is 7.53. The van der Waals surface area contributed by atoms with Crippen molar-refractivity contribution in [2.24, 2.45) is 0 Å². The van der Waals surface area contributed by atoms with E-state index in [1.165, 1.54) is 18.2 Å². The van der Waals surface area contributed by atoms with Gasteiger partial charge < -0.3 is 16.0 Å². The van der Waals surface area contributed by atoms with Crippen LogP contribution in [0.1, 0.15) is 20.8 Å². The molecule has 0 fully saturated rings. The molecule has 3 N–H and O–H groups in total. The monoisotopic (exact) mass is 313 g/mol. The van der Waals surface area contributed by atoms with Crippen LogP contribution in [0.2, 0.25) is 0 Å². The maximum absolute atomic E-state index is 13.6. The van der Waals surface area contributed by atoms with Crippen LogP contribution in [-0.4, -0.2) is 41.4 Å². The number of hydrogen-bond donors (Lipinski definition) is 2. The number of nitrogen functional groups attached to an aromatic ring is 1. The van der Waals surface area contributed by atoms with E-state index in [0.717, 1.165) is 25.4 Å². The average molecular weight is 313 g/mol. The number of nitrogens with one attached hydrogen (secondary N) is 1. The Balaban J connectivity index is 2.46. The van der Waals surface area contributed by atoms with E-state index < -0.39 is 5.82 Å². The third-order valence-electron chi connectivity index (χ3n) is 3.29. The van der Waals surface area contributed by atoms with Gasteiger partial charge in [0.15, 0.2) is 0 Å². The maximum Gasteiger partial charge on any atom is 0.237 e. The molecule has 0 saturated carbocycles. The van der Waals surface area contributed by atoms with Crippen LogP contribution in [0.4, 0.5) is 15.8 Å². The van der Waals surface area contributed by atoms with E-state index in [0.29, 0.717) is 5.69 Å². The molecule has 0 aliphatic heterocycles. The van der Waals surface area contributed by atoms with Crippen LogP contribution in [0.25, 0.3) is 0 Å². The fourth-order valence-corrected chi connectivity index (χ4v) is 2.77. The van der Waals surface area contributed by atoms with Crippen LogP contribution >= 0.6 is 11.8 Å². The molecule has 21 heavy (non-hydrogen) atoms. The number of halogens is 1. The van der Waals surface area contributed by atoms with Crippen molar-refractivity contribution in [3.63, 3.8) is 0 Å². The number of nitrogens with zero attached hydrogens (tertiary/aromatic N) is 1. The summed E-state index contributed by atoms with van der Waals surface area (Å²) in [5.74, 6) is 0.192. The predicted molar refractivity (Wildman–Crippen MR) is 89.2 cm³/mol. The number of thioether (sulfide) groups is 1. The van der Waals surface area contributed by atoms with Crippen molar-refractivity contribution in [2.75, 3.05) is 36.4 Å². The van der Waals surface area contributed by atoms with Gasteiger partial charge in [0.2, 0.25) is 5.91 Å². The van der Waals surface area contributed by atoms with E-state index in [-0.39, 0.29) is 16.8 Å². The second-order valence-electron chi connectivity index (χ2n) is 4.77. The van der Waals surface area contributed by atoms with E-state index >= 15 is 0 Å². The summed E-state index contributed by atoms with van der Waals surface area (Å²) in [5, 5.41) is 2.35. The summed E-state index contributed by atoms with van der Waals surface area (Å²) >= 11 is 1.57. The summed E-state index contributed by atoms with van der Waals surface area (Å²) in [6, 6.07) is 4.15. The van der Waals surface area contributed by atoms with Crippen molar-refractivity contribution in [2.45, 2.75) is 26.0 Å². The highest BCUT2D eigenvalue weighted by molar-refractivity contribution is 8.00. The molecule has 118 valence electrons. The molecule has 0 aliphatic carbocycles. The van der Waals surface area contributed by atoms with Crippen LogP contribution in [0.15, 0.2) is 18.2 Å². The molecule has 1 rings (SSSR count). The summed E-state index contributed by atoms with van der Waals surface area (Å²) in [7, 11) is 0. The molecule has 0 saturated heterocycles. The largest absolute Gasteiger partial charge is 0.399 e. The van der Waals surface area contributed by atoms with Gasteiger partial charge in [-0.25, -0.2) is 4.39 Å². The molecule has 0 bridgehead atoms. The van der Waals surface area contributed by atoms with E-state index in [4.69, 9.17) is 5.73 Å². The lowest BCUT2D eigenvalue weighted by Crippen LogP contribution is -2.28. The van der Waals surface area contributed by atoms with Crippen molar-refractivity contribution < 1.29 is 9.18 Å². The van der Waals surface area contributed by atoms with Gasteiger partial charge >= 0.3 is 0 Å². The first-order valence-corrected chi connectivity index (χ1v) is 8.22. The van der Waals surface area contributed by atoms with E-state index in [1.807, 2.05) is 6.92 Å². The molecule has 1 aromatic carbocycles. The minimum absolute atomic E-state index is 0.135. The van der Waals surface area contributed by atoms with Crippen molar-refractivity contribution in [3.8, 4) is 0 Å². The van der Waals surface area contributed by atoms with Crippen molar-refractivity contribution in [1.82, 2.24) is 4.90 Å². The molecular weight excluding hydrogens is 289 g/mol. The minimum Gasteiger partial charge on any atom is -0.399 e. The SMILES string of the molecule is CCN(CC)CCSC(C)C(=O)Nc1cc(N)ccc1F. The molecule has 0 radical (unpaired) electrons. The molecule has 0 spiro atoms. The maximum atomic E-state index is 13.6.